The van der Waals surface area contributed by atoms with Crippen molar-refractivity contribution in [1.82, 2.24) is 9.78 Å². The van der Waals surface area contributed by atoms with E-state index in [4.69, 9.17) is 0 Å². The summed E-state index contributed by atoms with van der Waals surface area (Å²) >= 11 is 0. The average molecular weight is 244 g/mol. The zero-order chi connectivity index (χ0) is 13.3. The van der Waals surface area contributed by atoms with Crippen LogP contribution in [0.3, 0.4) is 0 Å². The standard InChI is InChI=1S/C15H20N2O/c1-5-15-10(2)16-17(11(15)3)14-8-6-13(7-9-14)12(4)18/h6-9,12,18H,5H2,1-4H3. The first-order valence-corrected chi connectivity index (χ1v) is 6.38. The van der Waals surface area contributed by atoms with E-state index < -0.39 is 6.10 Å². The zero-order valence-electron chi connectivity index (χ0n) is 11.4. The molecule has 0 bridgehead atoms. The Morgan fingerprint density at radius 3 is 2.28 bits per heavy atom. The normalized spacial score (nSPS) is 12.7. The van der Waals surface area contributed by atoms with Gasteiger partial charge in [-0.2, -0.15) is 5.10 Å². The third-order valence-corrected chi connectivity index (χ3v) is 3.41. The number of rotatable bonds is 3. The highest BCUT2D eigenvalue weighted by molar-refractivity contribution is 5.39. The van der Waals surface area contributed by atoms with Gasteiger partial charge in [0.05, 0.1) is 17.5 Å². The van der Waals surface area contributed by atoms with Crippen LogP contribution in [-0.2, 0) is 6.42 Å². The van der Waals surface area contributed by atoms with Gasteiger partial charge in [0.2, 0.25) is 0 Å². The molecule has 0 aliphatic heterocycles. The molecule has 2 aromatic rings. The van der Waals surface area contributed by atoms with Crippen LogP contribution in [0, 0.1) is 13.8 Å². The van der Waals surface area contributed by atoms with E-state index in [1.807, 2.05) is 35.9 Å². The third kappa shape index (κ3) is 2.18. The molecule has 2 rings (SSSR count). The summed E-state index contributed by atoms with van der Waals surface area (Å²) < 4.78 is 1.97. The van der Waals surface area contributed by atoms with Crippen LogP contribution in [0.25, 0.3) is 5.69 Å². The van der Waals surface area contributed by atoms with Crippen LogP contribution in [0.4, 0.5) is 0 Å². The van der Waals surface area contributed by atoms with Gasteiger partial charge in [0.25, 0.3) is 0 Å². The summed E-state index contributed by atoms with van der Waals surface area (Å²) in [4.78, 5) is 0. The molecule has 0 radical (unpaired) electrons. The number of benzene rings is 1. The highest BCUT2D eigenvalue weighted by atomic mass is 16.3. The van der Waals surface area contributed by atoms with Crippen molar-refractivity contribution in [2.24, 2.45) is 0 Å². The fraction of sp³-hybridized carbons (Fsp3) is 0.400. The van der Waals surface area contributed by atoms with Crippen LogP contribution >= 0.6 is 0 Å². The number of hydrogen-bond acceptors (Lipinski definition) is 2. The summed E-state index contributed by atoms with van der Waals surface area (Å²) in [5.74, 6) is 0. The summed E-state index contributed by atoms with van der Waals surface area (Å²) in [6.45, 7) is 8.07. The van der Waals surface area contributed by atoms with Gasteiger partial charge < -0.3 is 5.11 Å². The van der Waals surface area contributed by atoms with Crippen molar-refractivity contribution in [2.75, 3.05) is 0 Å². The minimum atomic E-state index is -0.425. The lowest BCUT2D eigenvalue weighted by atomic mass is 10.1. The first-order valence-electron chi connectivity index (χ1n) is 6.38. The van der Waals surface area contributed by atoms with E-state index in [9.17, 15) is 5.11 Å². The fourth-order valence-corrected chi connectivity index (χ4v) is 2.33. The van der Waals surface area contributed by atoms with Gasteiger partial charge in [0.1, 0.15) is 0 Å². The van der Waals surface area contributed by atoms with E-state index in [1.165, 1.54) is 11.3 Å². The number of hydrogen-bond donors (Lipinski definition) is 1. The molecule has 1 heterocycles. The molecule has 3 nitrogen and oxygen atoms in total. The maximum atomic E-state index is 9.50. The second-order valence-electron chi connectivity index (χ2n) is 4.68. The van der Waals surface area contributed by atoms with Gasteiger partial charge in [-0.3, -0.25) is 0 Å². The van der Waals surface area contributed by atoms with E-state index in [0.29, 0.717) is 0 Å². The Morgan fingerprint density at radius 2 is 1.83 bits per heavy atom. The molecular formula is C15H20N2O. The van der Waals surface area contributed by atoms with Crippen molar-refractivity contribution in [1.29, 1.82) is 0 Å². The molecule has 1 atom stereocenters. The summed E-state index contributed by atoms with van der Waals surface area (Å²) in [6.07, 6.45) is 0.578. The Morgan fingerprint density at radius 1 is 1.22 bits per heavy atom. The van der Waals surface area contributed by atoms with Crippen molar-refractivity contribution in [2.45, 2.75) is 40.2 Å². The molecule has 96 valence electrons. The topological polar surface area (TPSA) is 38.0 Å². The third-order valence-electron chi connectivity index (χ3n) is 3.41. The Kier molecular flexibility index (Phi) is 3.53. The first kappa shape index (κ1) is 12.8. The van der Waals surface area contributed by atoms with E-state index in [0.717, 1.165) is 23.4 Å². The second kappa shape index (κ2) is 4.94. The number of aryl methyl sites for hydroxylation is 1. The molecule has 0 spiro atoms. The Hall–Kier alpha value is -1.61. The largest absolute Gasteiger partial charge is 0.389 e. The summed E-state index contributed by atoms with van der Waals surface area (Å²) in [7, 11) is 0. The highest BCUT2D eigenvalue weighted by Crippen LogP contribution is 2.20. The van der Waals surface area contributed by atoms with E-state index in [2.05, 4.69) is 18.9 Å². The van der Waals surface area contributed by atoms with Gasteiger partial charge in [-0.1, -0.05) is 19.1 Å². The molecular weight excluding hydrogens is 224 g/mol. The number of nitrogens with zero attached hydrogens (tertiary/aromatic N) is 2. The predicted octanol–water partition coefficient (Wildman–Crippen LogP) is 3.10. The van der Waals surface area contributed by atoms with Crippen molar-refractivity contribution in [3.05, 3.63) is 46.8 Å². The van der Waals surface area contributed by atoms with Gasteiger partial charge in [0, 0.05) is 5.69 Å². The lowest BCUT2D eigenvalue weighted by Crippen LogP contribution is -2.00. The predicted molar refractivity (Wildman–Crippen MR) is 73.0 cm³/mol. The molecule has 1 aromatic heterocycles. The van der Waals surface area contributed by atoms with Gasteiger partial charge in [-0.05, 0) is 50.5 Å². The molecule has 0 saturated carbocycles. The van der Waals surface area contributed by atoms with E-state index >= 15 is 0 Å². The first-order chi connectivity index (χ1) is 8.54. The quantitative estimate of drug-likeness (QED) is 0.901. The van der Waals surface area contributed by atoms with Gasteiger partial charge in [0.15, 0.2) is 0 Å². The van der Waals surface area contributed by atoms with Crippen molar-refractivity contribution in [3.63, 3.8) is 0 Å². The maximum Gasteiger partial charge on any atom is 0.0761 e. The van der Waals surface area contributed by atoms with E-state index in [1.54, 1.807) is 6.92 Å². The molecule has 1 unspecified atom stereocenters. The maximum absolute atomic E-state index is 9.50. The number of aliphatic hydroxyl groups is 1. The lowest BCUT2D eigenvalue weighted by molar-refractivity contribution is 0.199. The molecule has 0 aliphatic rings. The number of aromatic nitrogens is 2. The van der Waals surface area contributed by atoms with Crippen LogP contribution in [0.5, 0.6) is 0 Å². The minimum absolute atomic E-state index is 0.425. The Bertz CT molecular complexity index is 538. The van der Waals surface area contributed by atoms with Gasteiger partial charge in [-0.25, -0.2) is 4.68 Å². The summed E-state index contributed by atoms with van der Waals surface area (Å²) in [5, 5.41) is 14.1. The van der Waals surface area contributed by atoms with E-state index in [-0.39, 0.29) is 0 Å². The SMILES string of the molecule is CCc1c(C)nn(-c2ccc(C(C)O)cc2)c1C. The molecule has 1 aromatic carbocycles. The lowest BCUT2D eigenvalue weighted by Gasteiger charge is -2.08. The molecule has 0 fully saturated rings. The van der Waals surface area contributed by atoms with Gasteiger partial charge in [-0.15, -0.1) is 0 Å². The Balaban J connectivity index is 2.43. The van der Waals surface area contributed by atoms with Gasteiger partial charge >= 0.3 is 0 Å². The molecule has 18 heavy (non-hydrogen) atoms. The summed E-state index contributed by atoms with van der Waals surface area (Å²) in [6, 6.07) is 7.89. The second-order valence-corrected chi connectivity index (χ2v) is 4.68. The molecule has 3 heteroatoms. The average Bonchev–Trinajstić information content (AvgIpc) is 2.64. The van der Waals surface area contributed by atoms with Crippen LogP contribution in [0.2, 0.25) is 0 Å². The van der Waals surface area contributed by atoms with Crippen LogP contribution in [0.15, 0.2) is 24.3 Å². The van der Waals surface area contributed by atoms with Crippen molar-refractivity contribution < 1.29 is 5.11 Å². The van der Waals surface area contributed by atoms with Crippen molar-refractivity contribution >= 4 is 0 Å². The van der Waals surface area contributed by atoms with Crippen LogP contribution < -0.4 is 0 Å². The highest BCUT2D eigenvalue weighted by Gasteiger charge is 2.11. The molecule has 1 N–H and O–H groups in total. The van der Waals surface area contributed by atoms with Crippen LogP contribution in [0.1, 0.15) is 42.5 Å². The smallest absolute Gasteiger partial charge is 0.0761 e. The minimum Gasteiger partial charge on any atom is -0.389 e. The zero-order valence-corrected chi connectivity index (χ0v) is 11.4. The molecule has 0 aliphatic carbocycles. The monoisotopic (exact) mass is 244 g/mol. The molecule has 0 saturated heterocycles. The molecule has 0 amide bonds. The Labute approximate surface area is 108 Å². The fourth-order valence-electron chi connectivity index (χ4n) is 2.33. The van der Waals surface area contributed by atoms with Crippen LogP contribution in [-0.4, -0.2) is 14.9 Å². The number of aliphatic hydroxyl groups excluding tert-OH is 1. The van der Waals surface area contributed by atoms with Crippen molar-refractivity contribution in [3.8, 4) is 5.69 Å². The summed E-state index contributed by atoms with van der Waals surface area (Å²) in [5.41, 5.74) is 5.57.